The van der Waals surface area contributed by atoms with Crippen LogP contribution in [0.3, 0.4) is 0 Å². The van der Waals surface area contributed by atoms with Gasteiger partial charge in [0.25, 0.3) is 0 Å². The highest BCUT2D eigenvalue weighted by Gasteiger charge is 2.25. The number of aliphatic imine (C=N–C) groups is 1. The van der Waals surface area contributed by atoms with Gasteiger partial charge >= 0.3 is 13.5 Å². The molecule has 0 amide bonds. The Morgan fingerprint density at radius 1 is 1.21 bits per heavy atom. The molecular formula is C21H17Cl2FN3O6P. The molecule has 0 aliphatic carbocycles. The summed E-state index contributed by atoms with van der Waals surface area (Å²) in [5, 5.41) is 11.2. The summed E-state index contributed by atoms with van der Waals surface area (Å²) in [4.78, 5) is 37.3. The van der Waals surface area contributed by atoms with Gasteiger partial charge in [0.15, 0.2) is 5.82 Å². The van der Waals surface area contributed by atoms with Crippen molar-refractivity contribution < 1.29 is 28.4 Å². The van der Waals surface area contributed by atoms with E-state index in [1.165, 1.54) is 18.4 Å². The number of H-pyrrole nitrogens is 1. The van der Waals surface area contributed by atoms with Crippen molar-refractivity contribution in [3.8, 4) is 5.88 Å². The Bertz CT molecular complexity index is 1410. The number of aromatic nitrogens is 2. The number of benzene rings is 2. The lowest BCUT2D eigenvalue weighted by molar-refractivity contribution is 0.187. The van der Waals surface area contributed by atoms with E-state index in [0.29, 0.717) is 21.7 Å². The summed E-state index contributed by atoms with van der Waals surface area (Å²) in [5.41, 5.74) is 0.802. The fourth-order valence-corrected chi connectivity index (χ4v) is 4.26. The Kier molecular flexibility index (Phi) is 6.82. The number of aromatic hydroxyl groups is 1. The summed E-state index contributed by atoms with van der Waals surface area (Å²) in [6, 6.07) is 8.50. The lowest BCUT2D eigenvalue weighted by Gasteiger charge is -2.19. The Hall–Kier alpha value is -2.72. The van der Waals surface area contributed by atoms with Gasteiger partial charge in [-0.1, -0.05) is 41.4 Å². The molecule has 4 rings (SSSR count). The number of imidazole rings is 1. The largest absolute Gasteiger partial charge is 0.493 e. The highest BCUT2D eigenvalue weighted by molar-refractivity contribution is 7.46. The zero-order chi connectivity index (χ0) is 24.6. The van der Waals surface area contributed by atoms with Crippen LogP contribution in [-0.4, -0.2) is 37.3 Å². The van der Waals surface area contributed by atoms with Gasteiger partial charge in [0, 0.05) is 22.4 Å². The first-order valence-electron chi connectivity index (χ1n) is 9.78. The topological polar surface area (TPSA) is 137 Å². The van der Waals surface area contributed by atoms with Gasteiger partial charge in [0.1, 0.15) is 11.4 Å². The first kappa shape index (κ1) is 24.4. The molecule has 0 radical (unpaired) electrons. The van der Waals surface area contributed by atoms with E-state index >= 15 is 0 Å². The van der Waals surface area contributed by atoms with Crippen molar-refractivity contribution in [3.63, 3.8) is 0 Å². The Morgan fingerprint density at radius 3 is 2.59 bits per heavy atom. The molecule has 0 saturated heterocycles. The van der Waals surface area contributed by atoms with Crippen LogP contribution < -0.4 is 5.69 Å². The van der Waals surface area contributed by atoms with Crippen LogP contribution in [-0.2, 0) is 9.09 Å². The second-order valence-corrected chi connectivity index (χ2v) is 9.42. The lowest BCUT2D eigenvalue weighted by Crippen LogP contribution is -2.24. The summed E-state index contributed by atoms with van der Waals surface area (Å²) in [6.45, 7) is -0.398. The maximum absolute atomic E-state index is 14.2. The molecule has 2 heterocycles. The number of aromatic amines is 1. The number of phosphoric acid groups is 1. The van der Waals surface area contributed by atoms with Gasteiger partial charge in [0.2, 0.25) is 5.88 Å². The fraction of sp³-hybridized carbons (Fsp3) is 0.143. The summed E-state index contributed by atoms with van der Waals surface area (Å²) in [7, 11) is -4.73. The number of nitrogens with one attached hydrogen (secondary N) is 1. The SMILES string of the molecule is O=c1[nH]c(C=C2C=Nc3c2ccc(Cl)c3F)c(O)n1C(CCOP(=O)(O)O)c1ccc(Cl)cc1. The normalized spacial score (nSPS) is 15.1. The van der Waals surface area contributed by atoms with E-state index in [1.807, 2.05) is 0 Å². The quantitative estimate of drug-likeness (QED) is 0.329. The van der Waals surface area contributed by atoms with Crippen molar-refractivity contribution in [2.75, 3.05) is 6.61 Å². The van der Waals surface area contributed by atoms with Crippen molar-refractivity contribution in [3.05, 3.63) is 79.6 Å². The fourth-order valence-electron chi connectivity index (χ4n) is 3.63. The minimum absolute atomic E-state index is 0.0320. The minimum atomic E-state index is -4.73. The zero-order valence-corrected chi connectivity index (χ0v) is 19.6. The van der Waals surface area contributed by atoms with E-state index in [0.717, 1.165) is 4.57 Å². The van der Waals surface area contributed by atoms with Gasteiger partial charge in [-0.05, 0) is 36.3 Å². The molecule has 0 fully saturated rings. The lowest BCUT2D eigenvalue weighted by atomic mass is 10.0. The standard InChI is InChI=1S/C21H17Cl2FN3O6P/c22-13-3-1-11(2-4-13)17(7-8-33-34(30,31)32)27-20(28)16(26-21(27)29)9-12-10-25-19-14(12)5-6-15(23)18(19)24/h1-6,9-10,17,28H,7-8H2,(H,26,29)(H2,30,31,32). The molecule has 2 aromatic carbocycles. The molecule has 1 atom stereocenters. The van der Waals surface area contributed by atoms with E-state index < -0.39 is 37.9 Å². The molecule has 34 heavy (non-hydrogen) atoms. The molecule has 1 unspecified atom stereocenters. The average Bonchev–Trinajstić information content (AvgIpc) is 3.29. The average molecular weight is 528 g/mol. The number of hydrogen-bond donors (Lipinski definition) is 4. The van der Waals surface area contributed by atoms with Crippen molar-refractivity contribution >= 4 is 54.6 Å². The number of allylic oxidation sites excluding steroid dienone is 1. The van der Waals surface area contributed by atoms with Gasteiger partial charge in [0.05, 0.1) is 17.7 Å². The molecule has 178 valence electrons. The van der Waals surface area contributed by atoms with Crippen LogP contribution in [0.1, 0.15) is 29.3 Å². The number of halogens is 3. The van der Waals surface area contributed by atoms with Crippen LogP contribution in [0.25, 0.3) is 11.6 Å². The van der Waals surface area contributed by atoms with E-state index in [2.05, 4.69) is 14.5 Å². The molecule has 3 aromatic rings. The number of phosphoric ester groups is 1. The van der Waals surface area contributed by atoms with Crippen LogP contribution in [0.15, 0.2) is 46.2 Å². The predicted molar refractivity (Wildman–Crippen MR) is 126 cm³/mol. The smallest absolute Gasteiger partial charge is 0.469 e. The Morgan fingerprint density at radius 2 is 1.91 bits per heavy atom. The molecule has 0 spiro atoms. The first-order chi connectivity index (χ1) is 16.0. The van der Waals surface area contributed by atoms with Crippen LogP contribution in [0, 0.1) is 5.82 Å². The monoisotopic (exact) mass is 527 g/mol. The van der Waals surface area contributed by atoms with Crippen LogP contribution in [0.4, 0.5) is 10.1 Å². The van der Waals surface area contributed by atoms with E-state index in [1.54, 1.807) is 30.3 Å². The van der Waals surface area contributed by atoms with E-state index in [4.69, 9.17) is 33.0 Å². The number of hydrogen-bond acceptors (Lipinski definition) is 5. The zero-order valence-electron chi connectivity index (χ0n) is 17.2. The third kappa shape index (κ3) is 5.02. The van der Waals surface area contributed by atoms with Crippen LogP contribution >= 0.6 is 31.0 Å². The molecule has 1 aromatic heterocycles. The Balaban J connectivity index is 1.73. The molecule has 0 bridgehead atoms. The summed E-state index contributed by atoms with van der Waals surface area (Å²) in [6.07, 6.45) is 2.76. The van der Waals surface area contributed by atoms with Crippen molar-refractivity contribution in [1.29, 1.82) is 0 Å². The maximum atomic E-state index is 14.2. The second-order valence-electron chi connectivity index (χ2n) is 7.33. The highest BCUT2D eigenvalue weighted by Crippen LogP contribution is 2.39. The molecule has 1 aliphatic heterocycles. The predicted octanol–water partition coefficient (Wildman–Crippen LogP) is 4.67. The summed E-state index contributed by atoms with van der Waals surface area (Å²) < 4.78 is 30.9. The van der Waals surface area contributed by atoms with E-state index in [9.17, 15) is 18.9 Å². The number of rotatable bonds is 7. The van der Waals surface area contributed by atoms with Crippen LogP contribution in [0.2, 0.25) is 10.0 Å². The van der Waals surface area contributed by atoms with Crippen molar-refractivity contribution in [2.45, 2.75) is 12.5 Å². The molecular weight excluding hydrogens is 511 g/mol. The molecule has 0 saturated carbocycles. The number of nitrogens with zero attached hydrogens (tertiary/aromatic N) is 2. The third-order valence-corrected chi connectivity index (χ3v) is 6.22. The Labute approximate surface area is 202 Å². The van der Waals surface area contributed by atoms with Crippen LogP contribution in [0.5, 0.6) is 5.88 Å². The second kappa shape index (κ2) is 9.50. The minimum Gasteiger partial charge on any atom is -0.493 e. The van der Waals surface area contributed by atoms with E-state index in [-0.39, 0.29) is 22.8 Å². The van der Waals surface area contributed by atoms with Gasteiger partial charge < -0.3 is 19.9 Å². The molecule has 4 N–H and O–H groups in total. The van der Waals surface area contributed by atoms with Gasteiger partial charge in [-0.3, -0.25) is 14.1 Å². The van der Waals surface area contributed by atoms with Crippen molar-refractivity contribution in [1.82, 2.24) is 9.55 Å². The number of fused-ring (bicyclic) bond motifs is 1. The molecule has 1 aliphatic rings. The maximum Gasteiger partial charge on any atom is 0.469 e. The van der Waals surface area contributed by atoms with Crippen molar-refractivity contribution in [2.24, 2.45) is 4.99 Å². The first-order valence-corrected chi connectivity index (χ1v) is 12.1. The molecule has 9 nitrogen and oxygen atoms in total. The molecule has 13 heteroatoms. The summed E-state index contributed by atoms with van der Waals surface area (Å²) >= 11 is 11.7. The van der Waals surface area contributed by atoms with Gasteiger partial charge in [-0.15, -0.1) is 0 Å². The summed E-state index contributed by atoms with van der Waals surface area (Å²) in [5.74, 6) is -1.12. The third-order valence-electron chi connectivity index (χ3n) is 5.16. The van der Waals surface area contributed by atoms with Gasteiger partial charge in [-0.25, -0.2) is 13.8 Å². The highest BCUT2D eigenvalue weighted by atomic mass is 35.5. The van der Waals surface area contributed by atoms with Gasteiger partial charge in [-0.2, -0.15) is 0 Å².